The second-order valence-corrected chi connectivity index (χ2v) is 5.01. The van der Waals surface area contributed by atoms with Gasteiger partial charge in [0.15, 0.2) is 0 Å². The standard InChI is InChI=1S/C12H15BrN2O/c1-8-6-10(4-5-11(8)13)14-7-12(16)15-9-2-3-9/h4-6,9,14H,2-3,7H2,1H3,(H,15,16). The Morgan fingerprint density at radius 1 is 1.50 bits per heavy atom. The highest BCUT2D eigenvalue weighted by atomic mass is 79.9. The van der Waals surface area contributed by atoms with Gasteiger partial charge in [0.05, 0.1) is 6.54 Å². The third-order valence-corrected chi connectivity index (χ3v) is 3.44. The van der Waals surface area contributed by atoms with Crippen LogP contribution in [0.2, 0.25) is 0 Å². The molecule has 1 aliphatic rings. The summed E-state index contributed by atoms with van der Waals surface area (Å²) in [5.41, 5.74) is 2.14. The third kappa shape index (κ3) is 3.23. The molecule has 0 aliphatic heterocycles. The summed E-state index contributed by atoms with van der Waals surface area (Å²) in [7, 11) is 0. The van der Waals surface area contributed by atoms with Crippen molar-refractivity contribution in [3.63, 3.8) is 0 Å². The second kappa shape index (κ2) is 4.87. The van der Waals surface area contributed by atoms with Gasteiger partial charge in [-0.25, -0.2) is 0 Å². The fourth-order valence-electron chi connectivity index (χ4n) is 1.44. The molecule has 0 unspecified atom stereocenters. The molecule has 0 heterocycles. The van der Waals surface area contributed by atoms with Crippen molar-refractivity contribution in [3.8, 4) is 0 Å². The van der Waals surface area contributed by atoms with Crippen molar-refractivity contribution in [1.82, 2.24) is 5.32 Å². The SMILES string of the molecule is Cc1cc(NCC(=O)NC2CC2)ccc1Br. The summed E-state index contributed by atoms with van der Waals surface area (Å²) in [6.45, 7) is 2.37. The monoisotopic (exact) mass is 282 g/mol. The summed E-state index contributed by atoms with van der Waals surface area (Å²) in [6, 6.07) is 6.40. The van der Waals surface area contributed by atoms with E-state index in [1.165, 1.54) is 0 Å². The van der Waals surface area contributed by atoms with Crippen LogP contribution in [-0.2, 0) is 4.79 Å². The van der Waals surface area contributed by atoms with E-state index in [2.05, 4.69) is 26.6 Å². The molecule has 86 valence electrons. The van der Waals surface area contributed by atoms with E-state index < -0.39 is 0 Å². The highest BCUT2D eigenvalue weighted by Gasteiger charge is 2.22. The van der Waals surface area contributed by atoms with Gasteiger partial charge in [-0.15, -0.1) is 0 Å². The van der Waals surface area contributed by atoms with Crippen LogP contribution in [0.25, 0.3) is 0 Å². The highest BCUT2D eigenvalue weighted by molar-refractivity contribution is 9.10. The summed E-state index contributed by atoms with van der Waals surface area (Å²) in [5.74, 6) is 0.0723. The predicted octanol–water partition coefficient (Wildman–Crippen LogP) is 2.45. The molecule has 0 atom stereocenters. The van der Waals surface area contributed by atoms with Crippen LogP contribution in [0.3, 0.4) is 0 Å². The molecule has 1 aromatic carbocycles. The fraction of sp³-hybridized carbons (Fsp3) is 0.417. The smallest absolute Gasteiger partial charge is 0.239 e. The maximum Gasteiger partial charge on any atom is 0.239 e. The van der Waals surface area contributed by atoms with Crippen LogP contribution in [0.4, 0.5) is 5.69 Å². The zero-order valence-electron chi connectivity index (χ0n) is 9.22. The molecular weight excluding hydrogens is 268 g/mol. The average Bonchev–Trinajstić information content (AvgIpc) is 3.04. The lowest BCUT2D eigenvalue weighted by Crippen LogP contribution is -2.31. The molecule has 4 heteroatoms. The number of aryl methyl sites for hydroxylation is 1. The van der Waals surface area contributed by atoms with Crippen molar-refractivity contribution < 1.29 is 4.79 Å². The lowest BCUT2D eigenvalue weighted by Gasteiger charge is -2.08. The van der Waals surface area contributed by atoms with Crippen molar-refractivity contribution in [3.05, 3.63) is 28.2 Å². The predicted molar refractivity (Wildman–Crippen MR) is 68.5 cm³/mol. The van der Waals surface area contributed by atoms with Crippen molar-refractivity contribution >= 4 is 27.5 Å². The molecule has 0 saturated heterocycles. The lowest BCUT2D eigenvalue weighted by atomic mass is 10.2. The summed E-state index contributed by atoms with van der Waals surface area (Å²) >= 11 is 3.44. The molecule has 0 aromatic heterocycles. The van der Waals surface area contributed by atoms with Gasteiger partial charge >= 0.3 is 0 Å². The second-order valence-electron chi connectivity index (χ2n) is 4.16. The minimum Gasteiger partial charge on any atom is -0.376 e. The van der Waals surface area contributed by atoms with Gasteiger partial charge in [-0.2, -0.15) is 0 Å². The first-order valence-corrected chi connectivity index (χ1v) is 6.24. The van der Waals surface area contributed by atoms with Gasteiger partial charge in [-0.05, 0) is 43.5 Å². The number of benzene rings is 1. The van der Waals surface area contributed by atoms with Gasteiger partial charge in [0, 0.05) is 16.2 Å². The Kier molecular flexibility index (Phi) is 3.49. The van der Waals surface area contributed by atoms with E-state index in [1.807, 2.05) is 25.1 Å². The molecule has 0 bridgehead atoms. The minimum atomic E-state index is 0.0723. The normalized spacial score (nSPS) is 14.6. The maximum absolute atomic E-state index is 11.4. The number of rotatable bonds is 4. The van der Waals surface area contributed by atoms with E-state index in [9.17, 15) is 4.79 Å². The van der Waals surface area contributed by atoms with E-state index in [0.29, 0.717) is 12.6 Å². The van der Waals surface area contributed by atoms with Gasteiger partial charge in [-0.3, -0.25) is 4.79 Å². The van der Waals surface area contributed by atoms with E-state index in [0.717, 1.165) is 28.6 Å². The summed E-state index contributed by atoms with van der Waals surface area (Å²) in [5, 5.41) is 6.05. The van der Waals surface area contributed by atoms with Crippen LogP contribution in [-0.4, -0.2) is 18.5 Å². The molecule has 1 saturated carbocycles. The number of hydrogen-bond donors (Lipinski definition) is 2. The zero-order chi connectivity index (χ0) is 11.5. The third-order valence-electron chi connectivity index (χ3n) is 2.55. The number of halogens is 1. The quantitative estimate of drug-likeness (QED) is 0.891. The van der Waals surface area contributed by atoms with E-state index in [1.54, 1.807) is 0 Å². The zero-order valence-corrected chi connectivity index (χ0v) is 10.8. The molecule has 1 aliphatic carbocycles. The molecule has 1 aromatic rings. The maximum atomic E-state index is 11.4. The molecule has 2 rings (SSSR count). The Balaban J connectivity index is 1.83. The lowest BCUT2D eigenvalue weighted by molar-refractivity contribution is -0.119. The number of carbonyl (C=O) groups excluding carboxylic acids is 1. The Hall–Kier alpha value is -1.03. The van der Waals surface area contributed by atoms with Crippen LogP contribution in [0.5, 0.6) is 0 Å². The van der Waals surface area contributed by atoms with E-state index >= 15 is 0 Å². The molecule has 0 spiro atoms. The Morgan fingerprint density at radius 2 is 2.25 bits per heavy atom. The van der Waals surface area contributed by atoms with Gasteiger partial charge < -0.3 is 10.6 Å². The van der Waals surface area contributed by atoms with Gasteiger partial charge in [0.1, 0.15) is 0 Å². The molecule has 0 radical (unpaired) electrons. The molecule has 1 amide bonds. The van der Waals surface area contributed by atoms with Crippen LogP contribution < -0.4 is 10.6 Å². The van der Waals surface area contributed by atoms with Crippen molar-refractivity contribution in [1.29, 1.82) is 0 Å². The van der Waals surface area contributed by atoms with Gasteiger partial charge in [0.25, 0.3) is 0 Å². The molecule has 2 N–H and O–H groups in total. The number of amides is 1. The topological polar surface area (TPSA) is 41.1 Å². The van der Waals surface area contributed by atoms with E-state index in [-0.39, 0.29) is 5.91 Å². The van der Waals surface area contributed by atoms with Gasteiger partial charge in [-0.1, -0.05) is 15.9 Å². The summed E-state index contributed by atoms with van der Waals surface area (Å²) < 4.78 is 1.08. The Labute approximate surface area is 104 Å². The number of carbonyl (C=O) groups is 1. The van der Waals surface area contributed by atoms with Crippen molar-refractivity contribution in [2.24, 2.45) is 0 Å². The fourth-order valence-corrected chi connectivity index (χ4v) is 1.69. The largest absolute Gasteiger partial charge is 0.376 e. The summed E-state index contributed by atoms with van der Waals surface area (Å²) in [6.07, 6.45) is 2.26. The molecule has 16 heavy (non-hydrogen) atoms. The van der Waals surface area contributed by atoms with Crippen LogP contribution in [0.1, 0.15) is 18.4 Å². The first-order chi connectivity index (χ1) is 7.65. The van der Waals surface area contributed by atoms with Gasteiger partial charge in [0.2, 0.25) is 5.91 Å². The first kappa shape index (κ1) is 11.5. The highest BCUT2D eigenvalue weighted by Crippen LogP contribution is 2.20. The summed E-state index contributed by atoms with van der Waals surface area (Å²) in [4.78, 5) is 11.4. The molecule has 3 nitrogen and oxygen atoms in total. The van der Waals surface area contributed by atoms with Crippen LogP contribution >= 0.6 is 15.9 Å². The number of hydrogen-bond acceptors (Lipinski definition) is 2. The molecule has 1 fully saturated rings. The Morgan fingerprint density at radius 3 is 2.88 bits per heavy atom. The molecular formula is C12H15BrN2O. The first-order valence-electron chi connectivity index (χ1n) is 5.44. The van der Waals surface area contributed by atoms with Crippen LogP contribution in [0, 0.1) is 6.92 Å². The van der Waals surface area contributed by atoms with Crippen molar-refractivity contribution in [2.75, 3.05) is 11.9 Å². The van der Waals surface area contributed by atoms with E-state index in [4.69, 9.17) is 0 Å². The minimum absolute atomic E-state index is 0.0723. The number of anilines is 1. The number of nitrogens with one attached hydrogen (secondary N) is 2. The van der Waals surface area contributed by atoms with Crippen molar-refractivity contribution in [2.45, 2.75) is 25.8 Å². The van der Waals surface area contributed by atoms with Crippen LogP contribution in [0.15, 0.2) is 22.7 Å². The Bertz CT molecular complexity index is 402. The average molecular weight is 283 g/mol.